The van der Waals surface area contributed by atoms with Gasteiger partial charge >= 0.3 is 5.97 Å². The lowest BCUT2D eigenvalue weighted by atomic mass is 10.1. The van der Waals surface area contributed by atoms with Crippen molar-refractivity contribution >= 4 is 23.6 Å². The number of anilines is 1. The van der Waals surface area contributed by atoms with E-state index < -0.39 is 5.97 Å². The molecule has 0 bridgehead atoms. The summed E-state index contributed by atoms with van der Waals surface area (Å²) in [5.41, 5.74) is 2.66. The van der Waals surface area contributed by atoms with Crippen LogP contribution in [0.15, 0.2) is 24.3 Å². The molecule has 1 aliphatic rings. The highest BCUT2D eigenvalue weighted by atomic mass is 16.5. The van der Waals surface area contributed by atoms with Gasteiger partial charge < -0.3 is 10.1 Å². The van der Waals surface area contributed by atoms with Crippen LogP contribution in [0.25, 0.3) is 6.08 Å². The number of rotatable bonds is 2. The quantitative estimate of drug-likeness (QED) is 0.601. The van der Waals surface area contributed by atoms with Gasteiger partial charge in [-0.1, -0.05) is 12.1 Å². The van der Waals surface area contributed by atoms with Gasteiger partial charge in [-0.3, -0.25) is 4.79 Å². The van der Waals surface area contributed by atoms with Crippen molar-refractivity contribution in [1.29, 1.82) is 0 Å². The molecule has 1 amide bonds. The van der Waals surface area contributed by atoms with Gasteiger partial charge in [-0.2, -0.15) is 0 Å². The maximum absolute atomic E-state index is 11.1. The molecule has 0 atom stereocenters. The summed E-state index contributed by atoms with van der Waals surface area (Å²) in [4.78, 5) is 22.0. The van der Waals surface area contributed by atoms with E-state index in [0.717, 1.165) is 16.8 Å². The first kappa shape index (κ1) is 10.4. The SMILES string of the molecule is COC(=O)C=Cc1ccc2c(c1)NC(=O)C2. The van der Waals surface area contributed by atoms with E-state index in [1.54, 1.807) is 6.08 Å². The fourth-order valence-electron chi connectivity index (χ4n) is 1.57. The van der Waals surface area contributed by atoms with Crippen LogP contribution in [0.1, 0.15) is 11.1 Å². The monoisotopic (exact) mass is 217 g/mol. The third kappa shape index (κ3) is 2.11. The molecule has 2 rings (SSSR count). The van der Waals surface area contributed by atoms with E-state index in [2.05, 4.69) is 10.1 Å². The minimum absolute atomic E-state index is 0.00379. The third-order valence-electron chi connectivity index (χ3n) is 2.37. The summed E-state index contributed by atoms with van der Waals surface area (Å²) in [6, 6.07) is 5.57. The molecule has 16 heavy (non-hydrogen) atoms. The normalized spacial score (nSPS) is 13.7. The molecular formula is C12H11NO3. The standard InChI is InChI=1S/C12H11NO3/c1-16-12(15)5-3-8-2-4-9-7-11(14)13-10(9)6-8/h2-6H,7H2,1H3,(H,13,14). The first-order chi connectivity index (χ1) is 7.69. The van der Waals surface area contributed by atoms with E-state index in [1.165, 1.54) is 13.2 Å². The summed E-state index contributed by atoms with van der Waals surface area (Å²) in [5.74, 6) is -0.395. The molecule has 4 nitrogen and oxygen atoms in total. The Kier molecular flexibility index (Phi) is 2.72. The van der Waals surface area contributed by atoms with Gasteiger partial charge in [-0.05, 0) is 23.3 Å². The Morgan fingerprint density at radius 2 is 2.31 bits per heavy atom. The van der Waals surface area contributed by atoms with Gasteiger partial charge in [0.05, 0.1) is 13.5 Å². The summed E-state index contributed by atoms with van der Waals surface area (Å²) >= 11 is 0. The van der Waals surface area contributed by atoms with Gasteiger partial charge in [0.25, 0.3) is 0 Å². The number of nitrogens with one attached hydrogen (secondary N) is 1. The molecule has 82 valence electrons. The highest BCUT2D eigenvalue weighted by molar-refractivity contribution is 5.99. The Balaban J connectivity index is 2.20. The number of carbonyl (C=O) groups excluding carboxylic acids is 2. The number of benzene rings is 1. The van der Waals surface area contributed by atoms with E-state index in [9.17, 15) is 9.59 Å². The summed E-state index contributed by atoms with van der Waals surface area (Å²) in [5, 5.41) is 2.75. The molecule has 0 fully saturated rings. The number of ether oxygens (including phenoxy) is 1. The lowest BCUT2D eigenvalue weighted by Crippen LogP contribution is -2.03. The van der Waals surface area contributed by atoms with Gasteiger partial charge in [-0.25, -0.2) is 4.79 Å². The Labute approximate surface area is 92.9 Å². The summed E-state index contributed by atoms with van der Waals surface area (Å²) in [6.07, 6.45) is 3.42. The van der Waals surface area contributed by atoms with E-state index in [0.29, 0.717) is 6.42 Å². The maximum Gasteiger partial charge on any atom is 0.330 e. The molecule has 0 saturated carbocycles. The molecule has 1 aromatic rings. The van der Waals surface area contributed by atoms with Crippen molar-refractivity contribution in [2.75, 3.05) is 12.4 Å². The number of amides is 1. The molecule has 1 heterocycles. The first-order valence-corrected chi connectivity index (χ1v) is 4.88. The average molecular weight is 217 g/mol. The lowest BCUT2D eigenvalue weighted by molar-refractivity contribution is -0.134. The minimum Gasteiger partial charge on any atom is -0.466 e. The van der Waals surface area contributed by atoms with Crippen LogP contribution in [-0.2, 0) is 20.7 Å². The Morgan fingerprint density at radius 3 is 3.06 bits per heavy atom. The van der Waals surface area contributed by atoms with Gasteiger partial charge in [0.15, 0.2) is 0 Å². The largest absolute Gasteiger partial charge is 0.466 e. The zero-order chi connectivity index (χ0) is 11.5. The van der Waals surface area contributed by atoms with Crippen molar-refractivity contribution in [1.82, 2.24) is 0 Å². The lowest BCUT2D eigenvalue weighted by Gasteiger charge is -1.99. The molecule has 0 radical (unpaired) electrons. The zero-order valence-corrected chi connectivity index (χ0v) is 8.82. The van der Waals surface area contributed by atoms with Gasteiger partial charge in [0.2, 0.25) is 5.91 Å². The number of carbonyl (C=O) groups is 2. The van der Waals surface area contributed by atoms with Crippen LogP contribution in [0.2, 0.25) is 0 Å². The Morgan fingerprint density at radius 1 is 1.50 bits per heavy atom. The number of hydrogen-bond acceptors (Lipinski definition) is 3. The molecule has 0 spiro atoms. The van der Waals surface area contributed by atoms with Crippen molar-refractivity contribution in [3.05, 3.63) is 35.4 Å². The molecule has 0 aliphatic carbocycles. The smallest absolute Gasteiger partial charge is 0.330 e. The Bertz CT molecular complexity index is 477. The fraction of sp³-hybridized carbons (Fsp3) is 0.167. The van der Waals surface area contributed by atoms with Gasteiger partial charge in [0, 0.05) is 11.8 Å². The first-order valence-electron chi connectivity index (χ1n) is 4.88. The van der Waals surface area contributed by atoms with Crippen LogP contribution >= 0.6 is 0 Å². The fourth-order valence-corrected chi connectivity index (χ4v) is 1.57. The summed E-state index contributed by atoms with van der Waals surface area (Å²) in [7, 11) is 1.33. The summed E-state index contributed by atoms with van der Waals surface area (Å²) in [6.45, 7) is 0. The predicted octanol–water partition coefficient (Wildman–Crippen LogP) is 1.37. The second-order valence-corrected chi connectivity index (χ2v) is 3.50. The highest BCUT2D eigenvalue weighted by Crippen LogP contribution is 2.24. The van der Waals surface area contributed by atoms with Crippen LogP contribution in [0.5, 0.6) is 0 Å². The highest BCUT2D eigenvalue weighted by Gasteiger charge is 2.16. The topological polar surface area (TPSA) is 55.4 Å². The van der Waals surface area contributed by atoms with Crippen molar-refractivity contribution < 1.29 is 14.3 Å². The van der Waals surface area contributed by atoms with Crippen molar-refractivity contribution in [3.63, 3.8) is 0 Å². The average Bonchev–Trinajstić information content (AvgIpc) is 2.65. The molecule has 1 aliphatic heterocycles. The van der Waals surface area contributed by atoms with E-state index in [1.807, 2.05) is 18.2 Å². The van der Waals surface area contributed by atoms with Crippen LogP contribution < -0.4 is 5.32 Å². The number of esters is 1. The summed E-state index contributed by atoms with van der Waals surface area (Å²) < 4.78 is 4.49. The van der Waals surface area contributed by atoms with Crippen LogP contribution in [0, 0.1) is 0 Å². The predicted molar refractivity (Wildman–Crippen MR) is 59.8 cm³/mol. The van der Waals surface area contributed by atoms with Crippen LogP contribution in [0.4, 0.5) is 5.69 Å². The number of hydrogen-bond donors (Lipinski definition) is 1. The van der Waals surface area contributed by atoms with Crippen molar-refractivity contribution in [3.8, 4) is 0 Å². The minimum atomic E-state index is -0.399. The van der Waals surface area contributed by atoms with Gasteiger partial charge in [-0.15, -0.1) is 0 Å². The van der Waals surface area contributed by atoms with E-state index in [-0.39, 0.29) is 5.91 Å². The molecule has 1 N–H and O–H groups in total. The van der Waals surface area contributed by atoms with Crippen molar-refractivity contribution in [2.24, 2.45) is 0 Å². The second-order valence-electron chi connectivity index (χ2n) is 3.50. The van der Waals surface area contributed by atoms with Crippen molar-refractivity contribution in [2.45, 2.75) is 6.42 Å². The molecule has 0 aromatic heterocycles. The molecule has 1 aromatic carbocycles. The third-order valence-corrected chi connectivity index (χ3v) is 2.37. The molecule has 0 saturated heterocycles. The maximum atomic E-state index is 11.1. The molecule has 0 unspecified atom stereocenters. The van der Waals surface area contributed by atoms with E-state index in [4.69, 9.17) is 0 Å². The number of methoxy groups -OCH3 is 1. The second kappa shape index (κ2) is 4.18. The van der Waals surface area contributed by atoms with E-state index >= 15 is 0 Å². The molecular weight excluding hydrogens is 206 g/mol. The Hall–Kier alpha value is -2.10. The van der Waals surface area contributed by atoms with Crippen LogP contribution in [-0.4, -0.2) is 19.0 Å². The molecule has 4 heteroatoms. The van der Waals surface area contributed by atoms with Gasteiger partial charge in [0.1, 0.15) is 0 Å². The number of fused-ring (bicyclic) bond motifs is 1. The zero-order valence-electron chi connectivity index (χ0n) is 8.82. The van der Waals surface area contributed by atoms with Crippen LogP contribution in [0.3, 0.4) is 0 Å².